The fourth-order valence-electron chi connectivity index (χ4n) is 5.85. The van der Waals surface area contributed by atoms with Crippen molar-refractivity contribution in [2.45, 2.75) is 45.7 Å². The van der Waals surface area contributed by atoms with Gasteiger partial charge < -0.3 is 19.8 Å². The molecule has 1 saturated heterocycles. The van der Waals surface area contributed by atoms with Gasteiger partial charge in [-0.1, -0.05) is 6.07 Å². The van der Waals surface area contributed by atoms with Gasteiger partial charge in [-0.3, -0.25) is 4.79 Å². The summed E-state index contributed by atoms with van der Waals surface area (Å²) in [6.07, 6.45) is 3.25. The maximum atomic E-state index is 13.1. The lowest BCUT2D eigenvalue weighted by atomic mass is 10.0. The van der Waals surface area contributed by atoms with E-state index in [0.29, 0.717) is 40.7 Å². The number of aromatic amines is 1. The van der Waals surface area contributed by atoms with E-state index in [2.05, 4.69) is 25.3 Å². The van der Waals surface area contributed by atoms with E-state index in [9.17, 15) is 13.6 Å². The number of fused-ring (bicyclic) bond motifs is 3. The van der Waals surface area contributed by atoms with Gasteiger partial charge in [0.2, 0.25) is 11.9 Å². The largest absolute Gasteiger partial charge is 0.351 e. The topological polar surface area (TPSA) is 91.7 Å². The van der Waals surface area contributed by atoms with E-state index in [1.165, 1.54) is 0 Å². The number of rotatable bonds is 5. The molecule has 0 spiro atoms. The lowest BCUT2D eigenvalue weighted by Crippen LogP contribution is -2.29. The molecule has 1 amide bonds. The summed E-state index contributed by atoms with van der Waals surface area (Å²) >= 11 is 0. The molecule has 2 aliphatic rings. The van der Waals surface area contributed by atoms with Crippen molar-refractivity contribution in [1.82, 2.24) is 29.4 Å². The fourth-order valence-corrected chi connectivity index (χ4v) is 5.85. The van der Waals surface area contributed by atoms with Crippen LogP contribution in [0, 0.1) is 18.8 Å². The summed E-state index contributed by atoms with van der Waals surface area (Å²) in [6, 6.07) is 6.00. The van der Waals surface area contributed by atoms with Crippen molar-refractivity contribution in [2.24, 2.45) is 11.8 Å². The van der Waals surface area contributed by atoms with E-state index in [0.717, 1.165) is 48.1 Å². The molecule has 4 aromatic rings. The number of anilines is 1. The number of alkyl halides is 2. The number of H-pyrrole nitrogens is 1. The van der Waals surface area contributed by atoms with Crippen molar-refractivity contribution in [1.29, 1.82) is 0 Å². The van der Waals surface area contributed by atoms with Gasteiger partial charge in [-0.2, -0.15) is 4.98 Å². The van der Waals surface area contributed by atoms with Crippen LogP contribution in [-0.2, 0) is 11.3 Å². The van der Waals surface area contributed by atoms with Crippen LogP contribution < -0.4 is 5.32 Å². The third-order valence-corrected chi connectivity index (χ3v) is 7.53. The van der Waals surface area contributed by atoms with Gasteiger partial charge in [0.05, 0.1) is 17.6 Å². The van der Waals surface area contributed by atoms with Crippen molar-refractivity contribution in [2.75, 3.05) is 18.4 Å². The van der Waals surface area contributed by atoms with Crippen LogP contribution in [0.3, 0.4) is 0 Å². The minimum Gasteiger partial charge on any atom is -0.351 e. The highest BCUT2D eigenvalue weighted by atomic mass is 19.3. The first-order valence-electron chi connectivity index (χ1n) is 12.0. The third-order valence-electron chi connectivity index (χ3n) is 7.53. The van der Waals surface area contributed by atoms with Crippen LogP contribution >= 0.6 is 0 Å². The Labute approximate surface area is 200 Å². The van der Waals surface area contributed by atoms with Gasteiger partial charge in [0.1, 0.15) is 11.5 Å². The number of benzene rings is 1. The lowest BCUT2D eigenvalue weighted by molar-refractivity contribution is -0.128. The highest BCUT2D eigenvalue weighted by Crippen LogP contribution is 2.39. The van der Waals surface area contributed by atoms with E-state index >= 15 is 0 Å². The minimum absolute atomic E-state index is 0.160. The van der Waals surface area contributed by atoms with Crippen LogP contribution in [0.2, 0.25) is 0 Å². The molecular weight excluding hydrogens is 452 g/mol. The number of hydrogen-bond donors (Lipinski definition) is 2. The molecule has 1 unspecified atom stereocenters. The van der Waals surface area contributed by atoms with Crippen LogP contribution in [0.4, 0.5) is 14.7 Å². The van der Waals surface area contributed by atoms with Crippen molar-refractivity contribution < 1.29 is 13.6 Å². The number of halogens is 2. The van der Waals surface area contributed by atoms with Gasteiger partial charge in [0, 0.05) is 49.4 Å². The molecule has 182 valence electrons. The fraction of sp³-hybridized carbons (Fsp3) is 0.440. The van der Waals surface area contributed by atoms with Crippen molar-refractivity contribution in [3.05, 3.63) is 36.4 Å². The number of nitrogens with one attached hydrogen (secondary N) is 2. The number of carbonyl (C=O) groups excluding carboxylic acids is 1. The van der Waals surface area contributed by atoms with Crippen molar-refractivity contribution in [3.63, 3.8) is 0 Å². The summed E-state index contributed by atoms with van der Waals surface area (Å²) in [6.45, 7) is 4.69. The summed E-state index contributed by atoms with van der Waals surface area (Å²) in [7, 11) is 0. The minimum atomic E-state index is -2.45. The summed E-state index contributed by atoms with van der Waals surface area (Å²) in [5.41, 5.74) is 3.90. The van der Waals surface area contributed by atoms with Gasteiger partial charge in [-0.05, 0) is 49.3 Å². The second-order valence-electron chi connectivity index (χ2n) is 9.78. The predicted molar refractivity (Wildman–Crippen MR) is 129 cm³/mol. The molecule has 3 atom stereocenters. The Balaban J connectivity index is 1.23. The van der Waals surface area contributed by atoms with E-state index in [1.54, 1.807) is 24.6 Å². The highest BCUT2D eigenvalue weighted by Gasteiger charge is 2.41. The molecule has 1 aromatic carbocycles. The first kappa shape index (κ1) is 21.9. The van der Waals surface area contributed by atoms with Gasteiger partial charge in [-0.15, -0.1) is 0 Å². The number of amides is 1. The molecule has 0 bridgehead atoms. The van der Waals surface area contributed by atoms with Gasteiger partial charge in [0.25, 0.3) is 6.43 Å². The van der Waals surface area contributed by atoms with Crippen LogP contribution in [0.1, 0.15) is 25.6 Å². The number of nitrogens with zero attached hydrogens (tertiary/aromatic N) is 5. The molecule has 3 aromatic heterocycles. The number of likely N-dealkylation sites (tertiary alicyclic amines) is 1. The maximum absolute atomic E-state index is 13.1. The monoisotopic (exact) mass is 479 g/mol. The summed E-state index contributed by atoms with van der Waals surface area (Å²) in [5, 5.41) is 4.35. The van der Waals surface area contributed by atoms with Gasteiger partial charge in [0.15, 0.2) is 0 Å². The third kappa shape index (κ3) is 3.90. The molecule has 1 aliphatic heterocycles. The Morgan fingerprint density at radius 2 is 2.00 bits per heavy atom. The summed E-state index contributed by atoms with van der Waals surface area (Å²) in [5.74, 6) is 2.39. The Morgan fingerprint density at radius 3 is 2.71 bits per heavy atom. The number of hydrogen-bond acceptors (Lipinski definition) is 5. The average Bonchev–Trinajstić information content (AvgIpc) is 3.55. The summed E-state index contributed by atoms with van der Waals surface area (Å²) < 4.78 is 27.7. The molecule has 0 radical (unpaired) electrons. The van der Waals surface area contributed by atoms with E-state index in [1.807, 2.05) is 29.3 Å². The number of carbonyl (C=O) groups is 1. The Morgan fingerprint density at radius 1 is 1.23 bits per heavy atom. The molecule has 2 fully saturated rings. The van der Waals surface area contributed by atoms with Crippen LogP contribution in [0.5, 0.6) is 0 Å². The molecular formula is C25H27F2N7O. The molecule has 10 heteroatoms. The second-order valence-corrected chi connectivity index (χ2v) is 9.78. The normalized spacial score (nSPS) is 22.0. The van der Waals surface area contributed by atoms with Crippen molar-refractivity contribution >= 4 is 33.9 Å². The zero-order valence-electron chi connectivity index (χ0n) is 19.6. The van der Waals surface area contributed by atoms with E-state index < -0.39 is 6.43 Å². The lowest BCUT2D eigenvalue weighted by Gasteiger charge is -2.18. The van der Waals surface area contributed by atoms with Crippen molar-refractivity contribution in [3.8, 4) is 11.1 Å². The Hall–Kier alpha value is -3.56. The molecule has 8 nitrogen and oxygen atoms in total. The number of aryl methyl sites for hydroxylation is 1. The van der Waals surface area contributed by atoms with Crippen LogP contribution in [0.25, 0.3) is 33.2 Å². The van der Waals surface area contributed by atoms with Gasteiger partial charge in [-0.25, -0.2) is 18.7 Å². The molecule has 4 heterocycles. The number of aromatic nitrogens is 5. The van der Waals surface area contributed by atoms with Crippen LogP contribution in [0.15, 0.2) is 30.6 Å². The quantitative estimate of drug-likeness (QED) is 0.447. The highest BCUT2D eigenvalue weighted by molar-refractivity contribution is 5.95. The second kappa shape index (κ2) is 8.28. The molecule has 2 N–H and O–H groups in total. The smallest absolute Gasteiger partial charge is 0.256 e. The summed E-state index contributed by atoms with van der Waals surface area (Å²) in [4.78, 5) is 30.5. The van der Waals surface area contributed by atoms with E-state index in [-0.39, 0.29) is 12.5 Å². The van der Waals surface area contributed by atoms with Crippen LogP contribution in [-0.4, -0.2) is 60.9 Å². The first-order chi connectivity index (χ1) is 16.9. The van der Waals surface area contributed by atoms with E-state index in [4.69, 9.17) is 0 Å². The van der Waals surface area contributed by atoms with Gasteiger partial charge >= 0.3 is 0 Å². The molecule has 1 saturated carbocycles. The zero-order chi connectivity index (χ0) is 24.3. The standard InChI is InChI=1S/C25H27F2N7O/c1-13-30-21-4-3-15(7-22(21)34(13)12-23(26)27)19-8-28-24-20(19)9-29-25(32-24)31-18-5-16-10-33(14(2)35)11-17(16)6-18/h3-4,7-9,16-18,23H,5-6,10-12H2,1-2H3,(H2,28,29,31,32)/t16-,17+,18?. The SMILES string of the molecule is CC(=O)N1C[C@H]2CC(Nc3ncc4c(-c5ccc6nc(C)n(CC(F)F)c6c5)c[nH]c4n3)C[C@H]2C1. The maximum Gasteiger partial charge on any atom is 0.256 e. The molecule has 35 heavy (non-hydrogen) atoms. The Kier molecular flexibility index (Phi) is 5.19. The first-order valence-corrected chi connectivity index (χ1v) is 12.0. The predicted octanol–water partition coefficient (Wildman–Crippen LogP) is 4.22. The zero-order valence-corrected chi connectivity index (χ0v) is 19.6. The molecule has 6 rings (SSSR count). The number of imidazole rings is 1. The Bertz CT molecular complexity index is 1410. The molecule has 1 aliphatic carbocycles. The average molecular weight is 480 g/mol.